The Hall–Kier alpha value is -3.32. The van der Waals surface area contributed by atoms with Crippen molar-refractivity contribution in [3.05, 3.63) is 84.4 Å². The van der Waals surface area contributed by atoms with Crippen LogP contribution >= 0.6 is 0 Å². The van der Waals surface area contributed by atoms with Crippen molar-refractivity contribution in [1.29, 1.82) is 0 Å². The largest absolute Gasteiger partial charge is 0.495 e. The Bertz CT molecular complexity index is 1110. The highest BCUT2D eigenvalue weighted by Crippen LogP contribution is 2.32. The van der Waals surface area contributed by atoms with Crippen molar-refractivity contribution in [1.82, 2.24) is 0 Å². The number of rotatable bonds is 8. The fraction of sp³-hybridized carbons (Fsp3) is 0.174. The summed E-state index contributed by atoms with van der Waals surface area (Å²) in [6, 6.07) is 22.2. The number of carbonyl (C=O) groups excluding carboxylic acids is 1. The van der Waals surface area contributed by atoms with E-state index in [9.17, 15) is 13.2 Å². The SMILES string of the molecule is CCc1ccccc1NC(=O)CN(c1ccccc1OC)S(=O)(=O)c1ccccc1. The quantitative estimate of drug-likeness (QED) is 0.591. The van der Waals surface area contributed by atoms with Crippen molar-refractivity contribution in [3.63, 3.8) is 0 Å². The molecule has 0 heterocycles. The Morgan fingerprint density at radius 1 is 0.933 bits per heavy atom. The van der Waals surface area contributed by atoms with Crippen LogP contribution in [0, 0.1) is 0 Å². The van der Waals surface area contributed by atoms with Crippen molar-refractivity contribution < 1.29 is 17.9 Å². The zero-order chi connectivity index (χ0) is 21.6. The molecule has 1 amide bonds. The molecular formula is C23H24N2O4S. The summed E-state index contributed by atoms with van der Waals surface area (Å²) in [6.45, 7) is 1.60. The van der Waals surface area contributed by atoms with E-state index in [2.05, 4.69) is 5.32 Å². The van der Waals surface area contributed by atoms with Gasteiger partial charge in [0.1, 0.15) is 12.3 Å². The Morgan fingerprint density at radius 3 is 2.27 bits per heavy atom. The number of amides is 1. The minimum Gasteiger partial charge on any atom is -0.495 e. The maximum Gasteiger partial charge on any atom is 0.264 e. The molecule has 0 aromatic heterocycles. The van der Waals surface area contributed by atoms with Gasteiger partial charge in [-0.25, -0.2) is 8.42 Å². The van der Waals surface area contributed by atoms with Gasteiger partial charge in [-0.05, 0) is 42.3 Å². The van der Waals surface area contributed by atoms with Crippen LogP contribution in [-0.4, -0.2) is 28.0 Å². The number of benzene rings is 3. The first kappa shape index (κ1) is 21.4. The molecule has 156 valence electrons. The highest BCUT2D eigenvalue weighted by atomic mass is 32.2. The average Bonchev–Trinajstić information content (AvgIpc) is 2.78. The van der Waals surface area contributed by atoms with Crippen LogP contribution in [-0.2, 0) is 21.2 Å². The average molecular weight is 425 g/mol. The summed E-state index contributed by atoms with van der Waals surface area (Å²) in [5, 5.41) is 2.84. The van der Waals surface area contributed by atoms with Crippen molar-refractivity contribution in [3.8, 4) is 5.75 Å². The molecule has 0 aliphatic carbocycles. The molecule has 0 radical (unpaired) electrons. The minimum absolute atomic E-state index is 0.0951. The Labute approximate surface area is 177 Å². The van der Waals surface area contributed by atoms with Gasteiger partial charge in [0.25, 0.3) is 10.0 Å². The topological polar surface area (TPSA) is 75.7 Å². The van der Waals surface area contributed by atoms with Crippen LogP contribution in [0.25, 0.3) is 0 Å². The lowest BCUT2D eigenvalue weighted by Crippen LogP contribution is -2.38. The molecule has 0 saturated heterocycles. The second-order valence-electron chi connectivity index (χ2n) is 6.56. The monoisotopic (exact) mass is 424 g/mol. The third kappa shape index (κ3) is 4.63. The van der Waals surface area contributed by atoms with Crippen LogP contribution in [0.2, 0.25) is 0 Å². The van der Waals surface area contributed by atoms with E-state index in [-0.39, 0.29) is 4.90 Å². The lowest BCUT2D eigenvalue weighted by Gasteiger charge is -2.25. The van der Waals surface area contributed by atoms with E-state index < -0.39 is 22.5 Å². The molecule has 1 N–H and O–H groups in total. The number of methoxy groups -OCH3 is 1. The first-order valence-corrected chi connectivity index (χ1v) is 11.0. The molecule has 0 atom stereocenters. The fourth-order valence-electron chi connectivity index (χ4n) is 3.13. The van der Waals surface area contributed by atoms with E-state index in [4.69, 9.17) is 4.74 Å². The van der Waals surface area contributed by atoms with Gasteiger partial charge in [-0.15, -0.1) is 0 Å². The highest BCUT2D eigenvalue weighted by molar-refractivity contribution is 7.92. The summed E-state index contributed by atoms with van der Waals surface area (Å²) < 4.78 is 33.2. The number of para-hydroxylation sites is 3. The maximum absolute atomic E-state index is 13.4. The van der Waals surface area contributed by atoms with Gasteiger partial charge < -0.3 is 10.1 Å². The zero-order valence-electron chi connectivity index (χ0n) is 16.9. The van der Waals surface area contributed by atoms with E-state index >= 15 is 0 Å². The molecule has 3 rings (SSSR count). The molecule has 0 bridgehead atoms. The van der Waals surface area contributed by atoms with E-state index in [1.54, 1.807) is 48.5 Å². The second-order valence-corrected chi connectivity index (χ2v) is 8.42. The third-order valence-electron chi connectivity index (χ3n) is 4.64. The summed E-state index contributed by atoms with van der Waals surface area (Å²) in [5.74, 6) is -0.0833. The van der Waals surface area contributed by atoms with Gasteiger partial charge in [-0.2, -0.15) is 0 Å². The van der Waals surface area contributed by atoms with Crippen LogP contribution in [0.3, 0.4) is 0 Å². The number of hydrogen-bond acceptors (Lipinski definition) is 4. The van der Waals surface area contributed by atoms with Gasteiger partial charge >= 0.3 is 0 Å². The van der Waals surface area contributed by atoms with Gasteiger partial charge in [-0.1, -0.05) is 55.5 Å². The second kappa shape index (κ2) is 9.45. The summed E-state index contributed by atoms with van der Waals surface area (Å²) in [6.07, 6.45) is 0.745. The van der Waals surface area contributed by atoms with Gasteiger partial charge in [0.2, 0.25) is 5.91 Å². The minimum atomic E-state index is -4.00. The first-order valence-electron chi connectivity index (χ1n) is 9.56. The molecule has 0 aliphatic heterocycles. The molecule has 7 heteroatoms. The normalized spacial score (nSPS) is 11.0. The number of sulfonamides is 1. The van der Waals surface area contributed by atoms with Crippen molar-refractivity contribution in [2.75, 3.05) is 23.3 Å². The van der Waals surface area contributed by atoms with Crippen LogP contribution in [0.5, 0.6) is 5.75 Å². The summed E-state index contributed by atoms with van der Waals surface area (Å²) in [4.78, 5) is 13.0. The number of carbonyl (C=O) groups is 1. The molecule has 0 aliphatic rings. The van der Waals surface area contributed by atoms with Crippen molar-refractivity contribution in [2.24, 2.45) is 0 Å². The molecule has 0 fully saturated rings. The van der Waals surface area contributed by atoms with Crippen molar-refractivity contribution >= 4 is 27.3 Å². The first-order chi connectivity index (χ1) is 14.5. The lowest BCUT2D eigenvalue weighted by atomic mass is 10.1. The molecule has 3 aromatic rings. The molecule has 30 heavy (non-hydrogen) atoms. The third-order valence-corrected chi connectivity index (χ3v) is 6.42. The van der Waals surface area contributed by atoms with Gasteiger partial charge in [-0.3, -0.25) is 9.10 Å². The van der Waals surface area contributed by atoms with E-state index in [0.29, 0.717) is 17.1 Å². The van der Waals surface area contributed by atoms with Gasteiger partial charge in [0, 0.05) is 5.69 Å². The van der Waals surface area contributed by atoms with Gasteiger partial charge in [0.05, 0.1) is 17.7 Å². The summed E-state index contributed by atoms with van der Waals surface area (Å²) in [5.41, 5.74) is 1.94. The Balaban J connectivity index is 1.99. The molecule has 6 nitrogen and oxygen atoms in total. The van der Waals surface area contributed by atoms with Crippen LogP contribution < -0.4 is 14.4 Å². The number of nitrogens with zero attached hydrogens (tertiary/aromatic N) is 1. The Kier molecular flexibility index (Phi) is 6.74. The van der Waals surface area contributed by atoms with E-state index in [1.165, 1.54) is 19.2 Å². The highest BCUT2D eigenvalue weighted by Gasteiger charge is 2.29. The van der Waals surface area contributed by atoms with E-state index in [0.717, 1.165) is 16.3 Å². The van der Waals surface area contributed by atoms with Gasteiger partial charge in [0.15, 0.2) is 0 Å². The summed E-state index contributed by atoms with van der Waals surface area (Å²) in [7, 11) is -2.54. The molecule has 0 saturated carbocycles. The number of aryl methyl sites for hydroxylation is 1. The molecular weight excluding hydrogens is 400 g/mol. The molecule has 0 unspecified atom stereocenters. The standard InChI is InChI=1S/C23H24N2O4S/c1-3-18-11-7-8-14-20(18)24-23(26)17-25(21-15-9-10-16-22(21)29-2)30(27,28)19-12-5-4-6-13-19/h4-16H,3,17H2,1-2H3,(H,24,26). The van der Waals surface area contributed by atoms with Crippen LogP contribution in [0.1, 0.15) is 12.5 Å². The maximum atomic E-state index is 13.4. The van der Waals surface area contributed by atoms with Crippen LogP contribution in [0.15, 0.2) is 83.8 Å². The van der Waals surface area contributed by atoms with Crippen LogP contribution in [0.4, 0.5) is 11.4 Å². The predicted octanol–water partition coefficient (Wildman–Crippen LogP) is 4.09. The number of hydrogen-bond donors (Lipinski definition) is 1. The fourth-order valence-corrected chi connectivity index (χ4v) is 4.58. The molecule has 3 aromatic carbocycles. The number of ether oxygens (including phenoxy) is 1. The Morgan fingerprint density at radius 2 is 1.57 bits per heavy atom. The van der Waals surface area contributed by atoms with E-state index in [1.807, 2.05) is 25.1 Å². The zero-order valence-corrected chi connectivity index (χ0v) is 17.7. The smallest absolute Gasteiger partial charge is 0.264 e. The number of nitrogens with one attached hydrogen (secondary N) is 1. The lowest BCUT2D eigenvalue weighted by molar-refractivity contribution is -0.114. The predicted molar refractivity (Wildman–Crippen MR) is 118 cm³/mol. The number of anilines is 2. The van der Waals surface area contributed by atoms with Crippen molar-refractivity contribution in [2.45, 2.75) is 18.2 Å². The summed E-state index contributed by atoms with van der Waals surface area (Å²) >= 11 is 0. The molecule has 0 spiro atoms.